The van der Waals surface area contributed by atoms with Gasteiger partial charge < -0.3 is 20.2 Å². The summed E-state index contributed by atoms with van der Waals surface area (Å²) < 4.78 is 0. The molecule has 1 aliphatic rings. The van der Waals surface area contributed by atoms with Crippen LogP contribution in [-0.2, 0) is 6.54 Å². The fraction of sp³-hybridized carbons (Fsp3) is 0.533. The Balaban J connectivity index is 1.81. The Hall–Kier alpha value is -1.75. The van der Waals surface area contributed by atoms with E-state index in [1.165, 1.54) is 0 Å². The van der Waals surface area contributed by atoms with Crippen molar-refractivity contribution in [2.75, 3.05) is 32.1 Å². The number of urea groups is 1. The van der Waals surface area contributed by atoms with Crippen molar-refractivity contribution >= 4 is 11.7 Å². The first-order valence-corrected chi connectivity index (χ1v) is 7.03. The predicted octanol–water partition coefficient (Wildman–Crippen LogP) is 1.42. The van der Waals surface area contributed by atoms with Gasteiger partial charge in [-0.1, -0.05) is 12.1 Å². The number of aliphatic hydroxyl groups excluding tert-OH is 1. The first-order chi connectivity index (χ1) is 9.56. The fourth-order valence-electron chi connectivity index (χ4n) is 2.27. The van der Waals surface area contributed by atoms with Crippen molar-refractivity contribution in [3.8, 4) is 0 Å². The van der Waals surface area contributed by atoms with Crippen LogP contribution in [0.4, 0.5) is 10.5 Å². The van der Waals surface area contributed by atoms with Crippen molar-refractivity contribution < 1.29 is 9.90 Å². The molecule has 0 spiro atoms. The third-order valence-electron chi connectivity index (χ3n) is 3.65. The number of rotatable bonds is 3. The lowest BCUT2D eigenvalue weighted by Crippen LogP contribution is -2.45. The van der Waals surface area contributed by atoms with E-state index in [1.807, 2.05) is 43.3 Å². The second kappa shape index (κ2) is 6.61. The molecular formula is C15H23N3O2. The van der Waals surface area contributed by atoms with Crippen molar-refractivity contribution in [3.05, 3.63) is 29.8 Å². The summed E-state index contributed by atoms with van der Waals surface area (Å²) in [5, 5.41) is 12.3. The van der Waals surface area contributed by atoms with Gasteiger partial charge in [-0.05, 0) is 30.5 Å². The van der Waals surface area contributed by atoms with Crippen LogP contribution in [-0.4, -0.2) is 49.3 Å². The van der Waals surface area contributed by atoms with E-state index in [0.717, 1.165) is 11.3 Å². The van der Waals surface area contributed by atoms with Gasteiger partial charge in [0.2, 0.25) is 0 Å². The Morgan fingerprint density at radius 3 is 2.45 bits per heavy atom. The largest absolute Gasteiger partial charge is 0.393 e. The van der Waals surface area contributed by atoms with Gasteiger partial charge in [0.05, 0.1) is 6.10 Å². The van der Waals surface area contributed by atoms with Gasteiger partial charge in [-0.2, -0.15) is 0 Å². The molecule has 2 N–H and O–H groups in total. The van der Waals surface area contributed by atoms with E-state index in [4.69, 9.17) is 0 Å². The number of carbonyl (C=O) groups is 1. The van der Waals surface area contributed by atoms with E-state index < -0.39 is 0 Å². The average Bonchev–Trinajstić information content (AvgIpc) is 2.46. The molecule has 1 saturated heterocycles. The van der Waals surface area contributed by atoms with Gasteiger partial charge >= 0.3 is 6.03 Å². The average molecular weight is 277 g/mol. The maximum Gasteiger partial charge on any atom is 0.317 e. The number of anilines is 1. The molecule has 5 nitrogen and oxygen atoms in total. The standard InChI is InChI=1S/C15H23N3O2/c1-17(2)13-5-3-12(4-6-13)11-16-15(20)18-9-7-14(19)8-10-18/h3-6,14,19H,7-11H2,1-2H3,(H,16,20). The molecule has 0 radical (unpaired) electrons. The molecule has 1 fully saturated rings. The molecule has 0 unspecified atom stereocenters. The SMILES string of the molecule is CN(C)c1ccc(CNC(=O)N2CCC(O)CC2)cc1. The van der Waals surface area contributed by atoms with E-state index in [-0.39, 0.29) is 12.1 Å². The molecule has 1 aliphatic heterocycles. The highest BCUT2D eigenvalue weighted by molar-refractivity contribution is 5.74. The fourth-order valence-corrected chi connectivity index (χ4v) is 2.27. The predicted molar refractivity (Wildman–Crippen MR) is 79.8 cm³/mol. The van der Waals surface area contributed by atoms with Gasteiger partial charge in [-0.15, -0.1) is 0 Å². The van der Waals surface area contributed by atoms with E-state index in [1.54, 1.807) is 4.90 Å². The molecule has 1 aromatic rings. The van der Waals surface area contributed by atoms with Crippen molar-refractivity contribution in [2.24, 2.45) is 0 Å². The molecule has 0 aliphatic carbocycles. The van der Waals surface area contributed by atoms with Crippen LogP contribution >= 0.6 is 0 Å². The van der Waals surface area contributed by atoms with Crippen LogP contribution in [0.3, 0.4) is 0 Å². The molecule has 110 valence electrons. The summed E-state index contributed by atoms with van der Waals surface area (Å²) in [6.45, 7) is 1.80. The zero-order chi connectivity index (χ0) is 14.5. The van der Waals surface area contributed by atoms with E-state index in [2.05, 4.69) is 5.32 Å². The van der Waals surface area contributed by atoms with Crippen LogP contribution < -0.4 is 10.2 Å². The monoisotopic (exact) mass is 277 g/mol. The lowest BCUT2D eigenvalue weighted by Gasteiger charge is -2.29. The summed E-state index contributed by atoms with van der Waals surface area (Å²) >= 11 is 0. The number of benzene rings is 1. The third kappa shape index (κ3) is 3.87. The topological polar surface area (TPSA) is 55.8 Å². The summed E-state index contributed by atoms with van der Waals surface area (Å²) in [6, 6.07) is 8.08. The molecule has 1 heterocycles. The molecule has 0 bridgehead atoms. The highest BCUT2D eigenvalue weighted by atomic mass is 16.3. The van der Waals surface area contributed by atoms with Crippen LogP contribution in [0.5, 0.6) is 0 Å². The van der Waals surface area contributed by atoms with E-state index >= 15 is 0 Å². The number of aliphatic hydroxyl groups is 1. The molecule has 5 heteroatoms. The number of hydrogen-bond acceptors (Lipinski definition) is 3. The van der Waals surface area contributed by atoms with Gasteiger partial charge in [0.25, 0.3) is 0 Å². The Morgan fingerprint density at radius 1 is 1.30 bits per heavy atom. The molecule has 2 amide bonds. The van der Waals surface area contributed by atoms with E-state index in [9.17, 15) is 9.90 Å². The molecule has 0 aromatic heterocycles. The van der Waals surface area contributed by atoms with E-state index in [0.29, 0.717) is 32.5 Å². The number of carbonyl (C=O) groups excluding carboxylic acids is 1. The van der Waals surface area contributed by atoms with Gasteiger partial charge in [0.1, 0.15) is 0 Å². The lowest BCUT2D eigenvalue weighted by molar-refractivity contribution is 0.0936. The highest BCUT2D eigenvalue weighted by Gasteiger charge is 2.20. The van der Waals surface area contributed by atoms with Crippen LogP contribution in [0, 0.1) is 0 Å². The summed E-state index contributed by atoms with van der Waals surface area (Å²) in [5.74, 6) is 0. The van der Waals surface area contributed by atoms with Crippen LogP contribution in [0.25, 0.3) is 0 Å². The molecule has 2 rings (SSSR count). The number of hydrogen-bond donors (Lipinski definition) is 2. The minimum absolute atomic E-state index is 0.0476. The number of likely N-dealkylation sites (tertiary alicyclic amines) is 1. The minimum atomic E-state index is -0.252. The van der Waals surface area contributed by atoms with Crippen molar-refractivity contribution in [2.45, 2.75) is 25.5 Å². The van der Waals surface area contributed by atoms with Crippen LogP contribution in [0.2, 0.25) is 0 Å². The number of nitrogens with one attached hydrogen (secondary N) is 1. The molecular weight excluding hydrogens is 254 g/mol. The number of nitrogens with zero attached hydrogens (tertiary/aromatic N) is 2. The summed E-state index contributed by atoms with van der Waals surface area (Å²) in [7, 11) is 4.00. The molecule has 0 atom stereocenters. The molecule has 1 aromatic carbocycles. The summed E-state index contributed by atoms with van der Waals surface area (Å²) in [4.78, 5) is 15.8. The second-order valence-corrected chi connectivity index (χ2v) is 5.44. The Labute approximate surface area is 120 Å². The van der Waals surface area contributed by atoms with Crippen LogP contribution in [0.15, 0.2) is 24.3 Å². The maximum atomic E-state index is 12.0. The molecule has 0 saturated carbocycles. The number of piperidine rings is 1. The Kier molecular flexibility index (Phi) is 4.84. The first kappa shape index (κ1) is 14.7. The zero-order valence-corrected chi connectivity index (χ0v) is 12.2. The van der Waals surface area contributed by atoms with Crippen molar-refractivity contribution in [1.82, 2.24) is 10.2 Å². The quantitative estimate of drug-likeness (QED) is 0.878. The first-order valence-electron chi connectivity index (χ1n) is 7.03. The van der Waals surface area contributed by atoms with Gasteiger partial charge in [0.15, 0.2) is 0 Å². The van der Waals surface area contributed by atoms with Gasteiger partial charge in [-0.25, -0.2) is 4.79 Å². The lowest BCUT2D eigenvalue weighted by atomic mass is 10.1. The van der Waals surface area contributed by atoms with Gasteiger partial charge in [-0.3, -0.25) is 0 Å². The Morgan fingerprint density at radius 2 is 1.90 bits per heavy atom. The zero-order valence-electron chi connectivity index (χ0n) is 12.2. The second-order valence-electron chi connectivity index (χ2n) is 5.44. The summed E-state index contributed by atoms with van der Waals surface area (Å²) in [5.41, 5.74) is 2.23. The van der Waals surface area contributed by atoms with Crippen LogP contribution in [0.1, 0.15) is 18.4 Å². The normalized spacial score (nSPS) is 16.1. The van der Waals surface area contributed by atoms with Gasteiger partial charge in [0, 0.05) is 39.4 Å². The third-order valence-corrected chi connectivity index (χ3v) is 3.65. The maximum absolute atomic E-state index is 12.0. The Bertz CT molecular complexity index is 437. The van der Waals surface area contributed by atoms with Crippen molar-refractivity contribution in [3.63, 3.8) is 0 Å². The number of amides is 2. The summed E-state index contributed by atoms with van der Waals surface area (Å²) in [6.07, 6.45) is 1.09. The van der Waals surface area contributed by atoms with Crippen molar-refractivity contribution in [1.29, 1.82) is 0 Å². The molecule has 20 heavy (non-hydrogen) atoms. The minimum Gasteiger partial charge on any atom is -0.393 e. The smallest absolute Gasteiger partial charge is 0.317 e. The highest BCUT2D eigenvalue weighted by Crippen LogP contribution is 2.13.